The van der Waals surface area contributed by atoms with Gasteiger partial charge in [0, 0.05) is 43.9 Å². The van der Waals surface area contributed by atoms with Crippen LogP contribution in [0, 0.1) is 0 Å². The highest BCUT2D eigenvalue weighted by molar-refractivity contribution is 6.35. The summed E-state index contributed by atoms with van der Waals surface area (Å²) in [6.45, 7) is 4.46. The Hall–Kier alpha value is -4.46. The van der Waals surface area contributed by atoms with Gasteiger partial charge in [-0.1, -0.05) is 96.5 Å². The molecule has 0 N–H and O–H groups in total. The first-order chi connectivity index (χ1) is 21.9. The SMILES string of the molecule is C[C@@H](c1nc2cccc(Cl)c2c(=O)n1C1CCN(Cc2ccccc2)CC1)N(C)C(=O)OC1c2ccccc2-c2ccccc21. The largest absolute Gasteiger partial charge is 0.436 e. The Labute approximate surface area is 267 Å². The lowest BCUT2D eigenvalue weighted by Crippen LogP contribution is -2.41. The van der Waals surface area contributed by atoms with Crippen molar-refractivity contribution in [3.8, 4) is 11.1 Å². The molecule has 1 amide bonds. The van der Waals surface area contributed by atoms with Crippen LogP contribution in [0.5, 0.6) is 0 Å². The molecule has 1 fully saturated rings. The fraction of sp³-hybridized carbons (Fsp3) is 0.270. The number of aromatic nitrogens is 2. The molecule has 7 nitrogen and oxygen atoms in total. The van der Waals surface area contributed by atoms with Gasteiger partial charge in [-0.3, -0.25) is 14.3 Å². The number of ether oxygens (including phenoxy) is 1. The van der Waals surface area contributed by atoms with Crippen molar-refractivity contribution >= 4 is 28.6 Å². The second-order valence-electron chi connectivity index (χ2n) is 12.0. The molecule has 8 heteroatoms. The summed E-state index contributed by atoms with van der Waals surface area (Å²) < 4.78 is 8.00. The highest BCUT2D eigenvalue weighted by Crippen LogP contribution is 2.45. The quantitative estimate of drug-likeness (QED) is 0.194. The number of likely N-dealkylation sites (tertiary alicyclic amines) is 1. The van der Waals surface area contributed by atoms with Crippen LogP contribution in [-0.4, -0.2) is 45.6 Å². The van der Waals surface area contributed by atoms with Crippen molar-refractivity contribution in [1.29, 1.82) is 0 Å². The maximum atomic E-state index is 14.2. The maximum Gasteiger partial charge on any atom is 0.411 e. The summed E-state index contributed by atoms with van der Waals surface area (Å²) in [4.78, 5) is 36.9. The lowest BCUT2D eigenvalue weighted by Gasteiger charge is -2.35. The van der Waals surface area contributed by atoms with E-state index in [1.165, 1.54) is 5.56 Å². The zero-order valence-electron chi connectivity index (χ0n) is 25.4. The first kappa shape index (κ1) is 29.3. The van der Waals surface area contributed by atoms with Gasteiger partial charge in [-0.25, -0.2) is 9.78 Å². The van der Waals surface area contributed by atoms with Crippen molar-refractivity contribution in [3.05, 3.63) is 135 Å². The van der Waals surface area contributed by atoms with E-state index in [-0.39, 0.29) is 11.6 Å². The number of hydrogen-bond donors (Lipinski definition) is 0. The summed E-state index contributed by atoms with van der Waals surface area (Å²) in [5.41, 5.74) is 5.69. The van der Waals surface area contributed by atoms with Gasteiger partial charge in [0.15, 0.2) is 6.10 Å². The molecule has 7 rings (SSSR count). The van der Waals surface area contributed by atoms with Crippen LogP contribution in [0.3, 0.4) is 0 Å². The van der Waals surface area contributed by atoms with Crippen molar-refractivity contribution in [2.24, 2.45) is 0 Å². The van der Waals surface area contributed by atoms with E-state index < -0.39 is 18.2 Å². The molecule has 1 atom stereocenters. The minimum absolute atomic E-state index is 0.0758. The van der Waals surface area contributed by atoms with Gasteiger partial charge in [0.25, 0.3) is 5.56 Å². The van der Waals surface area contributed by atoms with Crippen LogP contribution in [0.2, 0.25) is 5.02 Å². The minimum Gasteiger partial charge on any atom is -0.436 e. The minimum atomic E-state index is -0.539. The third kappa shape index (κ3) is 5.40. The molecule has 1 saturated heterocycles. The Bertz CT molecular complexity index is 1890. The van der Waals surface area contributed by atoms with Gasteiger partial charge in [-0.15, -0.1) is 0 Å². The molecule has 4 aromatic carbocycles. The van der Waals surface area contributed by atoms with Gasteiger partial charge in [-0.05, 0) is 48.6 Å². The summed E-state index contributed by atoms with van der Waals surface area (Å²) in [7, 11) is 1.71. The Morgan fingerprint density at radius 2 is 1.53 bits per heavy atom. The second-order valence-corrected chi connectivity index (χ2v) is 12.4. The number of carbonyl (C=O) groups is 1. The number of fused-ring (bicyclic) bond motifs is 4. The molecule has 45 heavy (non-hydrogen) atoms. The van der Waals surface area contributed by atoms with Crippen molar-refractivity contribution in [2.75, 3.05) is 20.1 Å². The van der Waals surface area contributed by atoms with E-state index in [1.807, 2.05) is 49.4 Å². The Balaban J connectivity index is 1.18. The summed E-state index contributed by atoms with van der Waals surface area (Å²) in [6.07, 6.45) is 0.574. The smallest absolute Gasteiger partial charge is 0.411 e. The first-order valence-corrected chi connectivity index (χ1v) is 15.9. The summed E-state index contributed by atoms with van der Waals surface area (Å²) >= 11 is 6.56. The van der Waals surface area contributed by atoms with Crippen LogP contribution in [0.15, 0.2) is 102 Å². The maximum absolute atomic E-state index is 14.2. The molecule has 0 unspecified atom stereocenters. The molecule has 0 spiro atoms. The Kier molecular flexibility index (Phi) is 7.90. The number of piperidine rings is 1. The predicted octanol–water partition coefficient (Wildman–Crippen LogP) is 7.79. The Morgan fingerprint density at radius 3 is 2.20 bits per heavy atom. The number of hydrogen-bond acceptors (Lipinski definition) is 5. The third-order valence-electron chi connectivity index (χ3n) is 9.32. The molecule has 0 bridgehead atoms. The average molecular weight is 619 g/mol. The van der Waals surface area contributed by atoms with Gasteiger partial charge < -0.3 is 9.64 Å². The van der Waals surface area contributed by atoms with E-state index in [2.05, 4.69) is 41.3 Å². The predicted molar refractivity (Wildman–Crippen MR) is 177 cm³/mol. The van der Waals surface area contributed by atoms with Crippen LogP contribution >= 0.6 is 11.6 Å². The van der Waals surface area contributed by atoms with Crippen LogP contribution < -0.4 is 5.56 Å². The fourth-order valence-corrected chi connectivity index (χ4v) is 7.05. The van der Waals surface area contributed by atoms with Crippen molar-refractivity contribution in [3.63, 3.8) is 0 Å². The van der Waals surface area contributed by atoms with E-state index in [4.69, 9.17) is 21.3 Å². The van der Waals surface area contributed by atoms with Crippen molar-refractivity contribution in [1.82, 2.24) is 19.4 Å². The van der Waals surface area contributed by atoms with E-state index in [9.17, 15) is 9.59 Å². The number of carbonyl (C=O) groups excluding carboxylic acids is 1. The van der Waals surface area contributed by atoms with E-state index in [0.717, 1.165) is 54.7 Å². The third-order valence-corrected chi connectivity index (χ3v) is 9.63. The molecule has 1 aliphatic carbocycles. The molecule has 228 valence electrons. The molecule has 0 saturated carbocycles. The van der Waals surface area contributed by atoms with E-state index in [1.54, 1.807) is 34.7 Å². The van der Waals surface area contributed by atoms with Crippen molar-refractivity contribution < 1.29 is 9.53 Å². The standard InChI is InChI=1S/C37H35ClN4O3/c1-24(40(2)37(44)45-34-29-15-8-6-13-27(29)28-14-7-9-16-30(28)34)35-39-32-18-10-17-31(38)33(32)36(43)42(35)26-19-21-41(22-20-26)23-25-11-4-3-5-12-25/h3-18,24,26,34H,19-23H2,1-2H3/t24-/m0/s1. The van der Waals surface area contributed by atoms with Gasteiger partial charge in [0.1, 0.15) is 5.82 Å². The number of rotatable bonds is 6. The molecule has 1 aromatic heterocycles. The molecule has 0 radical (unpaired) electrons. The fourth-order valence-electron chi connectivity index (χ4n) is 6.80. The molecule has 1 aliphatic heterocycles. The van der Waals surface area contributed by atoms with E-state index >= 15 is 0 Å². The van der Waals surface area contributed by atoms with Crippen LogP contribution in [-0.2, 0) is 11.3 Å². The summed E-state index contributed by atoms with van der Waals surface area (Å²) in [5.74, 6) is 0.531. The number of benzene rings is 4. The van der Waals surface area contributed by atoms with Crippen molar-refractivity contribution in [2.45, 2.75) is 44.5 Å². The summed E-state index contributed by atoms with van der Waals surface area (Å²) in [6, 6.07) is 31.2. The van der Waals surface area contributed by atoms with Crippen LogP contribution in [0.4, 0.5) is 4.79 Å². The topological polar surface area (TPSA) is 67.7 Å². The number of amides is 1. The highest BCUT2D eigenvalue weighted by Gasteiger charge is 2.34. The molecule has 2 aliphatic rings. The normalized spacial score (nSPS) is 15.9. The van der Waals surface area contributed by atoms with Gasteiger partial charge >= 0.3 is 6.09 Å². The first-order valence-electron chi connectivity index (χ1n) is 15.5. The second kappa shape index (κ2) is 12.1. The number of halogens is 1. The average Bonchev–Trinajstić information content (AvgIpc) is 3.38. The molecule has 2 heterocycles. The lowest BCUT2D eigenvalue weighted by molar-refractivity contribution is 0.0737. The van der Waals surface area contributed by atoms with Gasteiger partial charge in [0.05, 0.1) is 22.0 Å². The van der Waals surface area contributed by atoms with Gasteiger partial charge in [0.2, 0.25) is 0 Å². The molecule has 5 aromatic rings. The zero-order valence-corrected chi connectivity index (χ0v) is 26.2. The van der Waals surface area contributed by atoms with Crippen LogP contribution in [0.1, 0.15) is 60.5 Å². The lowest BCUT2D eigenvalue weighted by atomic mass is 10.0. The van der Waals surface area contributed by atoms with Gasteiger partial charge in [-0.2, -0.15) is 0 Å². The summed E-state index contributed by atoms with van der Waals surface area (Å²) in [5, 5.41) is 0.789. The molecular formula is C37H35ClN4O3. The monoisotopic (exact) mass is 618 g/mol. The van der Waals surface area contributed by atoms with Crippen LogP contribution in [0.25, 0.3) is 22.0 Å². The Morgan fingerprint density at radius 1 is 0.911 bits per heavy atom. The highest BCUT2D eigenvalue weighted by atomic mass is 35.5. The van der Waals surface area contributed by atoms with E-state index in [0.29, 0.717) is 21.7 Å². The zero-order chi connectivity index (χ0) is 31.1. The molecular weight excluding hydrogens is 584 g/mol. The number of nitrogens with zero attached hydrogens (tertiary/aromatic N) is 4.